The summed E-state index contributed by atoms with van der Waals surface area (Å²) in [5.41, 5.74) is 6.20. The van der Waals surface area contributed by atoms with Gasteiger partial charge in [0.1, 0.15) is 23.7 Å². The van der Waals surface area contributed by atoms with Crippen LogP contribution < -0.4 is 16.4 Å². The molecular formula is C20H21F2N3O3. The summed E-state index contributed by atoms with van der Waals surface area (Å²) >= 11 is 0. The molecule has 28 heavy (non-hydrogen) atoms. The number of nitrogens with two attached hydrogens (primary N) is 1. The van der Waals surface area contributed by atoms with E-state index in [0.717, 1.165) is 0 Å². The van der Waals surface area contributed by atoms with Crippen LogP contribution in [0.15, 0.2) is 48.5 Å². The van der Waals surface area contributed by atoms with Gasteiger partial charge in [0.05, 0.1) is 0 Å². The van der Waals surface area contributed by atoms with E-state index < -0.39 is 41.4 Å². The number of halogens is 2. The van der Waals surface area contributed by atoms with Gasteiger partial charge in [-0.05, 0) is 29.3 Å². The highest BCUT2D eigenvalue weighted by atomic mass is 19.1. The summed E-state index contributed by atoms with van der Waals surface area (Å²) in [6.07, 6.45) is -0.0477. The van der Waals surface area contributed by atoms with Crippen LogP contribution in [0.3, 0.4) is 0 Å². The number of carbonyl (C=O) groups excluding carboxylic acids is 3. The Hall–Kier alpha value is -3.29. The summed E-state index contributed by atoms with van der Waals surface area (Å²) in [5.74, 6) is -2.89. The number of nitrogens with one attached hydrogen (secondary N) is 2. The van der Waals surface area contributed by atoms with Crippen molar-refractivity contribution >= 4 is 17.7 Å². The fraction of sp³-hybridized carbons (Fsp3) is 0.250. The van der Waals surface area contributed by atoms with E-state index in [9.17, 15) is 23.2 Å². The van der Waals surface area contributed by atoms with Crippen molar-refractivity contribution < 1.29 is 23.2 Å². The molecule has 0 fully saturated rings. The molecule has 0 radical (unpaired) electrons. The molecule has 0 aliphatic rings. The third-order valence-corrected chi connectivity index (χ3v) is 4.09. The maximum Gasteiger partial charge on any atom is 0.243 e. The summed E-state index contributed by atoms with van der Waals surface area (Å²) in [5, 5.41) is 4.93. The van der Waals surface area contributed by atoms with Gasteiger partial charge in [-0.15, -0.1) is 0 Å². The van der Waals surface area contributed by atoms with E-state index in [1.54, 1.807) is 6.07 Å². The summed E-state index contributed by atoms with van der Waals surface area (Å²) in [6, 6.07) is 9.12. The molecule has 6 nitrogen and oxygen atoms in total. The normalized spacial score (nSPS) is 12.7. The van der Waals surface area contributed by atoms with Crippen LogP contribution in [-0.4, -0.2) is 29.8 Å². The Morgan fingerprint density at radius 3 is 2.14 bits per heavy atom. The predicted octanol–water partition coefficient (Wildman–Crippen LogP) is 1.22. The Morgan fingerprint density at radius 1 is 0.929 bits per heavy atom. The number of carbonyl (C=O) groups is 3. The smallest absolute Gasteiger partial charge is 0.243 e. The largest absolute Gasteiger partial charge is 0.368 e. The highest BCUT2D eigenvalue weighted by Gasteiger charge is 2.26. The lowest BCUT2D eigenvalue weighted by molar-refractivity contribution is -0.130. The summed E-state index contributed by atoms with van der Waals surface area (Å²) in [4.78, 5) is 35.9. The van der Waals surface area contributed by atoms with Gasteiger partial charge in [0.15, 0.2) is 0 Å². The van der Waals surface area contributed by atoms with Crippen LogP contribution in [0.1, 0.15) is 18.1 Å². The summed E-state index contributed by atoms with van der Waals surface area (Å²) < 4.78 is 26.9. The van der Waals surface area contributed by atoms with Crippen LogP contribution in [0.5, 0.6) is 0 Å². The second kappa shape index (κ2) is 9.59. The number of amides is 3. The Balaban J connectivity index is 2.14. The zero-order chi connectivity index (χ0) is 20.7. The average Bonchev–Trinajstić information content (AvgIpc) is 2.63. The van der Waals surface area contributed by atoms with Gasteiger partial charge < -0.3 is 16.4 Å². The van der Waals surface area contributed by atoms with E-state index in [1.165, 1.54) is 49.4 Å². The Labute approximate surface area is 161 Å². The number of primary amides is 1. The van der Waals surface area contributed by atoms with Crippen molar-refractivity contribution in [3.63, 3.8) is 0 Å². The fourth-order valence-electron chi connectivity index (χ4n) is 2.69. The molecule has 0 saturated heterocycles. The second-order valence-electron chi connectivity index (χ2n) is 6.34. The Kier molecular flexibility index (Phi) is 7.20. The molecule has 0 bridgehead atoms. The Bertz CT molecular complexity index is 856. The van der Waals surface area contributed by atoms with E-state index in [4.69, 9.17) is 5.73 Å². The lowest BCUT2D eigenvalue weighted by atomic mass is 10.0. The SMILES string of the molecule is CC(=O)N[C@H](Cc1ccccc1F)C(=O)N[C@H](Cc1ccc(F)cc1)C(N)=O. The van der Waals surface area contributed by atoms with Gasteiger partial charge in [0.2, 0.25) is 17.7 Å². The van der Waals surface area contributed by atoms with Crippen LogP contribution >= 0.6 is 0 Å². The van der Waals surface area contributed by atoms with Crippen molar-refractivity contribution in [1.29, 1.82) is 0 Å². The van der Waals surface area contributed by atoms with E-state index in [2.05, 4.69) is 10.6 Å². The van der Waals surface area contributed by atoms with Gasteiger partial charge in [-0.1, -0.05) is 30.3 Å². The van der Waals surface area contributed by atoms with Gasteiger partial charge in [-0.3, -0.25) is 14.4 Å². The molecule has 3 amide bonds. The van der Waals surface area contributed by atoms with Crippen molar-refractivity contribution in [2.45, 2.75) is 31.8 Å². The zero-order valence-corrected chi connectivity index (χ0v) is 15.2. The number of hydrogen-bond acceptors (Lipinski definition) is 3. The van der Waals surface area contributed by atoms with Crippen molar-refractivity contribution in [2.75, 3.05) is 0 Å². The van der Waals surface area contributed by atoms with Crippen LogP contribution in [0, 0.1) is 11.6 Å². The highest BCUT2D eigenvalue weighted by molar-refractivity contribution is 5.91. The molecule has 148 valence electrons. The van der Waals surface area contributed by atoms with Gasteiger partial charge >= 0.3 is 0 Å². The summed E-state index contributed by atoms with van der Waals surface area (Å²) in [7, 11) is 0. The minimum absolute atomic E-state index is 0.0494. The Morgan fingerprint density at radius 2 is 1.57 bits per heavy atom. The van der Waals surface area contributed by atoms with Crippen molar-refractivity contribution in [3.8, 4) is 0 Å². The lowest BCUT2D eigenvalue weighted by Crippen LogP contribution is -2.54. The fourth-order valence-corrected chi connectivity index (χ4v) is 2.69. The third kappa shape index (κ3) is 6.15. The molecule has 0 aliphatic heterocycles. The highest BCUT2D eigenvalue weighted by Crippen LogP contribution is 2.11. The molecule has 0 aromatic heterocycles. The first-order valence-electron chi connectivity index (χ1n) is 8.61. The second-order valence-corrected chi connectivity index (χ2v) is 6.34. The maximum absolute atomic E-state index is 13.9. The quantitative estimate of drug-likeness (QED) is 0.633. The van der Waals surface area contributed by atoms with Gasteiger partial charge in [0, 0.05) is 19.8 Å². The molecule has 0 heterocycles. The van der Waals surface area contributed by atoms with Crippen molar-refractivity contribution in [1.82, 2.24) is 10.6 Å². The van der Waals surface area contributed by atoms with Crippen molar-refractivity contribution in [2.24, 2.45) is 5.73 Å². The minimum Gasteiger partial charge on any atom is -0.368 e. The number of hydrogen-bond donors (Lipinski definition) is 3. The number of rotatable bonds is 8. The molecule has 0 unspecified atom stereocenters. The molecule has 2 rings (SSSR count). The molecule has 0 aliphatic carbocycles. The summed E-state index contributed by atoms with van der Waals surface area (Å²) in [6.45, 7) is 1.23. The number of benzene rings is 2. The molecule has 2 aromatic carbocycles. The maximum atomic E-state index is 13.9. The standard InChI is InChI=1S/C20H21F2N3O3/c1-12(26)24-18(11-14-4-2-3-5-16(14)22)20(28)25-17(19(23)27)10-13-6-8-15(21)9-7-13/h2-9,17-18H,10-11H2,1H3,(H2,23,27)(H,24,26)(H,25,28)/t17-,18-/m1/s1. The molecule has 0 spiro atoms. The van der Waals surface area contributed by atoms with Crippen LogP contribution in [-0.2, 0) is 27.2 Å². The first-order chi connectivity index (χ1) is 13.3. The van der Waals surface area contributed by atoms with Crippen LogP contribution in [0.25, 0.3) is 0 Å². The van der Waals surface area contributed by atoms with E-state index in [-0.39, 0.29) is 18.4 Å². The third-order valence-electron chi connectivity index (χ3n) is 4.09. The topological polar surface area (TPSA) is 101 Å². The van der Waals surface area contributed by atoms with Crippen molar-refractivity contribution in [3.05, 3.63) is 71.3 Å². The van der Waals surface area contributed by atoms with Crippen LogP contribution in [0.4, 0.5) is 8.78 Å². The molecule has 4 N–H and O–H groups in total. The van der Waals surface area contributed by atoms with E-state index in [0.29, 0.717) is 5.56 Å². The van der Waals surface area contributed by atoms with E-state index in [1.807, 2.05) is 0 Å². The van der Waals surface area contributed by atoms with E-state index >= 15 is 0 Å². The van der Waals surface area contributed by atoms with Gasteiger partial charge in [-0.25, -0.2) is 8.78 Å². The molecule has 0 saturated carbocycles. The van der Waals surface area contributed by atoms with Gasteiger partial charge in [-0.2, -0.15) is 0 Å². The zero-order valence-electron chi connectivity index (χ0n) is 15.2. The first kappa shape index (κ1) is 21.0. The first-order valence-corrected chi connectivity index (χ1v) is 8.61. The minimum atomic E-state index is -1.09. The molecule has 8 heteroatoms. The molecule has 2 atom stereocenters. The molecule has 2 aromatic rings. The lowest BCUT2D eigenvalue weighted by Gasteiger charge is -2.22. The predicted molar refractivity (Wildman–Crippen MR) is 98.9 cm³/mol. The average molecular weight is 389 g/mol. The van der Waals surface area contributed by atoms with Gasteiger partial charge in [0.25, 0.3) is 0 Å². The monoisotopic (exact) mass is 389 g/mol. The van der Waals surface area contributed by atoms with Crippen LogP contribution in [0.2, 0.25) is 0 Å². The molecular weight excluding hydrogens is 368 g/mol.